The summed E-state index contributed by atoms with van der Waals surface area (Å²) in [6, 6.07) is 13.2. The Labute approximate surface area is 215 Å². The molecule has 0 heterocycles. The molecule has 0 saturated carbocycles. The average molecular weight is 506 g/mol. The van der Waals surface area contributed by atoms with Crippen molar-refractivity contribution in [3.8, 4) is 0 Å². The highest BCUT2D eigenvalue weighted by Crippen LogP contribution is 2.25. The monoisotopic (exact) mass is 504 g/mol. The third kappa shape index (κ3) is 8.02. The largest absolute Gasteiger partial charge is 0.352 e. The van der Waals surface area contributed by atoms with Gasteiger partial charge in [-0.1, -0.05) is 88.2 Å². The van der Waals surface area contributed by atoms with E-state index in [1.807, 2.05) is 26.8 Å². The summed E-state index contributed by atoms with van der Waals surface area (Å²) in [6.45, 7) is 12.8. The number of carbonyl (C=O) groups excluding carboxylic acids is 2. The number of nitrogens with one attached hydrogen (secondary N) is 1. The highest BCUT2D eigenvalue weighted by molar-refractivity contribution is 6.42. The molecule has 6 heteroatoms. The van der Waals surface area contributed by atoms with Crippen LogP contribution in [0.4, 0.5) is 0 Å². The molecule has 2 aromatic carbocycles. The normalized spacial score (nSPS) is 13.3. The van der Waals surface area contributed by atoms with Crippen LogP contribution in [0.3, 0.4) is 0 Å². The van der Waals surface area contributed by atoms with Crippen LogP contribution in [0, 0.1) is 0 Å². The number of rotatable bonds is 10. The van der Waals surface area contributed by atoms with Crippen molar-refractivity contribution >= 4 is 35.0 Å². The highest BCUT2D eigenvalue weighted by atomic mass is 35.5. The lowest BCUT2D eigenvalue weighted by molar-refractivity contribution is -0.141. The number of amides is 2. The number of hydrogen-bond acceptors (Lipinski definition) is 2. The van der Waals surface area contributed by atoms with Gasteiger partial charge in [0, 0.05) is 19.0 Å². The summed E-state index contributed by atoms with van der Waals surface area (Å²) in [5.41, 5.74) is 3.29. The van der Waals surface area contributed by atoms with E-state index in [9.17, 15) is 9.59 Å². The molecule has 186 valence electrons. The molecule has 2 rings (SSSR count). The topological polar surface area (TPSA) is 49.4 Å². The van der Waals surface area contributed by atoms with Gasteiger partial charge in [-0.25, -0.2) is 0 Å². The van der Waals surface area contributed by atoms with Gasteiger partial charge in [0.2, 0.25) is 11.8 Å². The second kappa shape index (κ2) is 12.6. The van der Waals surface area contributed by atoms with Crippen molar-refractivity contribution in [2.45, 2.75) is 91.3 Å². The third-order valence-corrected chi connectivity index (χ3v) is 6.91. The van der Waals surface area contributed by atoms with E-state index in [0.29, 0.717) is 35.9 Å². The SMILES string of the molecule is CC[C@@H](C)NC(=O)[C@H](CC)N(Cc1ccc(Cl)c(Cl)c1)C(=O)CCc1ccc(C(C)(C)C)cc1. The molecule has 0 saturated heterocycles. The lowest BCUT2D eigenvalue weighted by Gasteiger charge is -2.31. The number of hydrogen-bond donors (Lipinski definition) is 1. The zero-order chi connectivity index (χ0) is 25.5. The molecule has 0 fully saturated rings. The van der Waals surface area contributed by atoms with Crippen LogP contribution in [0.1, 0.15) is 77.5 Å². The van der Waals surface area contributed by atoms with Gasteiger partial charge in [-0.15, -0.1) is 0 Å². The van der Waals surface area contributed by atoms with Gasteiger partial charge in [0.15, 0.2) is 0 Å². The van der Waals surface area contributed by atoms with Crippen molar-refractivity contribution in [3.63, 3.8) is 0 Å². The van der Waals surface area contributed by atoms with Crippen molar-refractivity contribution < 1.29 is 9.59 Å². The van der Waals surface area contributed by atoms with Gasteiger partial charge in [-0.3, -0.25) is 9.59 Å². The zero-order valence-electron chi connectivity index (χ0n) is 21.3. The van der Waals surface area contributed by atoms with Gasteiger partial charge in [-0.05, 0) is 60.4 Å². The van der Waals surface area contributed by atoms with Gasteiger partial charge in [0.1, 0.15) is 6.04 Å². The Hall–Kier alpha value is -2.04. The number of halogens is 2. The molecule has 4 nitrogen and oxygen atoms in total. The first-order valence-corrected chi connectivity index (χ1v) is 12.8. The predicted octanol–water partition coefficient (Wildman–Crippen LogP) is 6.95. The van der Waals surface area contributed by atoms with Crippen molar-refractivity contribution in [1.82, 2.24) is 10.2 Å². The Kier molecular flexibility index (Phi) is 10.5. The molecule has 0 bridgehead atoms. The first-order chi connectivity index (χ1) is 16.0. The first kappa shape index (κ1) is 28.2. The molecule has 0 radical (unpaired) electrons. The number of aryl methyl sites for hydroxylation is 1. The minimum Gasteiger partial charge on any atom is -0.352 e. The summed E-state index contributed by atoms with van der Waals surface area (Å²) in [4.78, 5) is 28.2. The lowest BCUT2D eigenvalue weighted by atomic mass is 9.86. The molecule has 0 spiro atoms. The summed E-state index contributed by atoms with van der Waals surface area (Å²) in [7, 11) is 0. The fraction of sp³-hybridized carbons (Fsp3) is 0.500. The molecule has 2 aromatic rings. The molecule has 1 N–H and O–H groups in total. The Morgan fingerprint density at radius 2 is 1.56 bits per heavy atom. The fourth-order valence-corrected chi connectivity index (χ4v) is 4.08. The second-order valence-electron chi connectivity index (χ2n) is 9.96. The predicted molar refractivity (Wildman–Crippen MR) is 142 cm³/mol. The van der Waals surface area contributed by atoms with Gasteiger partial charge in [0.05, 0.1) is 10.0 Å². The van der Waals surface area contributed by atoms with Crippen molar-refractivity contribution in [2.75, 3.05) is 0 Å². The smallest absolute Gasteiger partial charge is 0.243 e. The summed E-state index contributed by atoms with van der Waals surface area (Å²) in [6.07, 6.45) is 2.29. The molecular weight excluding hydrogens is 467 g/mol. The minimum atomic E-state index is -0.556. The molecule has 2 amide bonds. The van der Waals surface area contributed by atoms with E-state index >= 15 is 0 Å². The highest BCUT2D eigenvalue weighted by Gasteiger charge is 2.29. The molecule has 0 aliphatic rings. The van der Waals surface area contributed by atoms with Crippen LogP contribution in [-0.4, -0.2) is 28.8 Å². The van der Waals surface area contributed by atoms with Gasteiger partial charge in [0.25, 0.3) is 0 Å². The standard InChI is InChI=1S/C28H38Cl2N2O2/c1-7-19(3)31-27(34)25(8-2)32(18-21-11-15-23(29)24(30)17-21)26(33)16-12-20-9-13-22(14-10-20)28(4,5)6/h9-11,13-15,17,19,25H,7-8,12,16,18H2,1-6H3,(H,31,34)/t19-,25+/m1/s1. The van der Waals surface area contributed by atoms with Gasteiger partial charge in [-0.2, -0.15) is 0 Å². The summed E-state index contributed by atoms with van der Waals surface area (Å²) >= 11 is 12.3. The fourth-order valence-electron chi connectivity index (χ4n) is 3.76. The van der Waals surface area contributed by atoms with Crippen LogP contribution in [0.25, 0.3) is 0 Å². The Morgan fingerprint density at radius 1 is 0.941 bits per heavy atom. The number of carbonyl (C=O) groups is 2. The van der Waals surface area contributed by atoms with Crippen LogP contribution in [-0.2, 0) is 28.0 Å². The zero-order valence-corrected chi connectivity index (χ0v) is 22.8. The second-order valence-corrected chi connectivity index (χ2v) is 10.8. The van der Waals surface area contributed by atoms with Gasteiger partial charge < -0.3 is 10.2 Å². The summed E-state index contributed by atoms with van der Waals surface area (Å²) in [5, 5.41) is 3.93. The minimum absolute atomic E-state index is 0.0461. The third-order valence-electron chi connectivity index (χ3n) is 6.17. The van der Waals surface area contributed by atoms with Crippen LogP contribution in [0.15, 0.2) is 42.5 Å². The maximum Gasteiger partial charge on any atom is 0.243 e. The van der Waals surface area contributed by atoms with Crippen LogP contribution < -0.4 is 5.32 Å². The summed E-state index contributed by atoms with van der Waals surface area (Å²) < 4.78 is 0. The molecule has 0 aliphatic heterocycles. The van der Waals surface area contributed by atoms with Crippen molar-refractivity contribution in [3.05, 3.63) is 69.2 Å². The average Bonchev–Trinajstić information content (AvgIpc) is 2.79. The molecule has 0 unspecified atom stereocenters. The van der Waals surface area contributed by atoms with Crippen LogP contribution >= 0.6 is 23.2 Å². The Bertz CT molecular complexity index is 967. The summed E-state index contributed by atoms with van der Waals surface area (Å²) in [5.74, 6) is -0.183. The van der Waals surface area contributed by atoms with E-state index in [2.05, 4.69) is 50.4 Å². The van der Waals surface area contributed by atoms with Gasteiger partial charge >= 0.3 is 0 Å². The van der Waals surface area contributed by atoms with E-state index in [4.69, 9.17) is 23.2 Å². The maximum absolute atomic E-state index is 13.4. The molecule has 2 atom stereocenters. The van der Waals surface area contributed by atoms with Crippen molar-refractivity contribution in [1.29, 1.82) is 0 Å². The number of benzene rings is 2. The Balaban J connectivity index is 2.23. The molecule has 0 aliphatic carbocycles. The molecule has 0 aromatic heterocycles. The van der Waals surface area contributed by atoms with E-state index < -0.39 is 6.04 Å². The van der Waals surface area contributed by atoms with E-state index in [0.717, 1.165) is 17.5 Å². The molecule has 34 heavy (non-hydrogen) atoms. The van der Waals surface area contributed by atoms with E-state index in [1.54, 1.807) is 17.0 Å². The Morgan fingerprint density at radius 3 is 2.09 bits per heavy atom. The quantitative estimate of drug-likeness (QED) is 0.380. The first-order valence-electron chi connectivity index (χ1n) is 12.1. The van der Waals surface area contributed by atoms with Crippen LogP contribution in [0.2, 0.25) is 10.0 Å². The van der Waals surface area contributed by atoms with Crippen LogP contribution in [0.5, 0.6) is 0 Å². The number of nitrogens with zero attached hydrogens (tertiary/aromatic N) is 1. The lowest BCUT2D eigenvalue weighted by Crippen LogP contribution is -2.50. The van der Waals surface area contributed by atoms with E-state index in [-0.39, 0.29) is 23.3 Å². The van der Waals surface area contributed by atoms with E-state index in [1.165, 1.54) is 5.56 Å². The van der Waals surface area contributed by atoms with Crippen molar-refractivity contribution in [2.24, 2.45) is 0 Å². The molecular formula is C28H38Cl2N2O2. The maximum atomic E-state index is 13.4.